The second-order valence-electron chi connectivity index (χ2n) is 4.64. The second kappa shape index (κ2) is 6.24. The Morgan fingerprint density at radius 1 is 1.56 bits per heavy atom. The van der Waals surface area contributed by atoms with E-state index in [-0.39, 0.29) is 6.04 Å². The molecule has 1 N–H and O–H groups in total. The van der Waals surface area contributed by atoms with Crippen molar-refractivity contribution in [1.29, 1.82) is 5.26 Å². The van der Waals surface area contributed by atoms with Crippen LogP contribution in [0.2, 0.25) is 0 Å². The molecule has 4 heteroatoms. The molecule has 0 heterocycles. The molecule has 18 heavy (non-hydrogen) atoms. The standard InChI is InChI=1S/C14H18N2OS/c1-2-3-8-18(17)16-14-7-5-12-9-11(10-15)4-6-13(12)14/h4,6,9,14,16H,2-3,5,7-8H2,1H3/t14-,18?/m1/s1. The Balaban J connectivity index is 2.01. The zero-order valence-electron chi connectivity index (χ0n) is 10.6. The van der Waals surface area contributed by atoms with Gasteiger partial charge in [-0.1, -0.05) is 19.4 Å². The summed E-state index contributed by atoms with van der Waals surface area (Å²) in [7, 11) is 0. The molecule has 0 saturated carbocycles. The van der Waals surface area contributed by atoms with Gasteiger partial charge < -0.3 is 4.55 Å². The maximum absolute atomic E-state index is 11.8. The van der Waals surface area contributed by atoms with Crippen LogP contribution < -0.4 is 4.72 Å². The molecule has 0 aromatic heterocycles. The van der Waals surface area contributed by atoms with Crippen molar-refractivity contribution in [3.63, 3.8) is 0 Å². The molecule has 96 valence electrons. The van der Waals surface area contributed by atoms with E-state index in [1.54, 1.807) is 0 Å². The zero-order valence-corrected chi connectivity index (χ0v) is 11.4. The lowest BCUT2D eigenvalue weighted by Gasteiger charge is -2.16. The first-order valence-electron chi connectivity index (χ1n) is 6.42. The number of nitriles is 1. The van der Waals surface area contributed by atoms with Gasteiger partial charge >= 0.3 is 0 Å². The molecule has 1 aliphatic carbocycles. The molecule has 0 radical (unpaired) electrons. The molecule has 0 amide bonds. The molecule has 1 aromatic rings. The molecular weight excluding hydrogens is 244 g/mol. The molecular formula is C14H18N2OS. The minimum absolute atomic E-state index is 0.186. The lowest BCUT2D eigenvalue weighted by atomic mass is 10.1. The molecule has 1 aromatic carbocycles. The second-order valence-corrected chi connectivity index (χ2v) is 5.97. The van der Waals surface area contributed by atoms with E-state index in [0.29, 0.717) is 5.56 Å². The first kappa shape index (κ1) is 13.4. The minimum Gasteiger partial charge on any atom is -0.598 e. The van der Waals surface area contributed by atoms with Crippen LogP contribution in [0.1, 0.15) is 48.9 Å². The molecule has 0 bridgehead atoms. The fraction of sp³-hybridized carbons (Fsp3) is 0.500. The average molecular weight is 262 g/mol. The van der Waals surface area contributed by atoms with Gasteiger partial charge in [-0.25, -0.2) is 0 Å². The molecule has 2 atom stereocenters. The molecule has 0 fully saturated rings. The molecule has 3 nitrogen and oxygen atoms in total. The number of rotatable bonds is 5. The van der Waals surface area contributed by atoms with Crippen molar-refractivity contribution in [3.8, 4) is 6.07 Å². The van der Waals surface area contributed by atoms with Gasteiger partial charge in [0, 0.05) is 11.4 Å². The van der Waals surface area contributed by atoms with Gasteiger partial charge in [-0.3, -0.25) is 0 Å². The Kier molecular flexibility index (Phi) is 4.65. The van der Waals surface area contributed by atoms with Crippen LogP contribution in [0.3, 0.4) is 0 Å². The fourth-order valence-corrected chi connectivity index (χ4v) is 3.53. The number of aryl methyl sites for hydroxylation is 1. The number of hydrogen-bond acceptors (Lipinski definition) is 3. The smallest absolute Gasteiger partial charge is 0.125 e. The highest BCUT2D eigenvalue weighted by atomic mass is 32.2. The summed E-state index contributed by atoms with van der Waals surface area (Å²) in [5, 5.41) is 8.86. The fourth-order valence-electron chi connectivity index (χ4n) is 2.30. The minimum atomic E-state index is -0.939. The summed E-state index contributed by atoms with van der Waals surface area (Å²) < 4.78 is 15.0. The summed E-state index contributed by atoms with van der Waals surface area (Å²) in [4.78, 5) is 0. The highest BCUT2D eigenvalue weighted by Crippen LogP contribution is 2.32. The van der Waals surface area contributed by atoms with Crippen LogP contribution in [-0.2, 0) is 17.8 Å². The third-order valence-corrected chi connectivity index (χ3v) is 4.51. The number of nitrogens with zero attached hydrogens (tertiary/aromatic N) is 1. The van der Waals surface area contributed by atoms with Crippen LogP contribution in [0.15, 0.2) is 18.2 Å². The Bertz CT molecular complexity index is 456. The zero-order chi connectivity index (χ0) is 13.0. The average Bonchev–Trinajstić information content (AvgIpc) is 2.78. The van der Waals surface area contributed by atoms with E-state index in [4.69, 9.17) is 5.26 Å². The summed E-state index contributed by atoms with van der Waals surface area (Å²) >= 11 is -0.939. The van der Waals surface area contributed by atoms with Crippen LogP contribution in [0.25, 0.3) is 0 Å². The van der Waals surface area contributed by atoms with E-state index in [1.807, 2.05) is 18.2 Å². The van der Waals surface area contributed by atoms with Gasteiger partial charge in [0.2, 0.25) is 0 Å². The molecule has 0 saturated heterocycles. The van der Waals surface area contributed by atoms with Crippen LogP contribution in [0.5, 0.6) is 0 Å². The highest BCUT2D eigenvalue weighted by Gasteiger charge is 2.26. The Hall–Kier alpha value is -1.02. The topological polar surface area (TPSA) is 58.9 Å². The Morgan fingerprint density at radius 2 is 2.39 bits per heavy atom. The predicted molar refractivity (Wildman–Crippen MR) is 73.3 cm³/mol. The number of hydrogen-bond donors (Lipinski definition) is 1. The van der Waals surface area contributed by atoms with Crippen molar-refractivity contribution >= 4 is 11.4 Å². The first-order chi connectivity index (χ1) is 8.74. The summed E-state index contributed by atoms with van der Waals surface area (Å²) in [6, 6.07) is 8.13. The van der Waals surface area contributed by atoms with Crippen molar-refractivity contribution in [1.82, 2.24) is 4.72 Å². The van der Waals surface area contributed by atoms with Crippen LogP contribution in [0.4, 0.5) is 0 Å². The van der Waals surface area contributed by atoms with E-state index in [9.17, 15) is 4.55 Å². The van der Waals surface area contributed by atoms with Gasteiger partial charge in [0.25, 0.3) is 0 Å². The molecule has 1 unspecified atom stereocenters. The number of benzene rings is 1. The van der Waals surface area contributed by atoms with E-state index in [0.717, 1.165) is 31.4 Å². The molecule has 0 spiro atoms. The van der Waals surface area contributed by atoms with E-state index >= 15 is 0 Å². The summed E-state index contributed by atoms with van der Waals surface area (Å²) in [5.74, 6) is 0.721. The van der Waals surface area contributed by atoms with Crippen molar-refractivity contribution < 1.29 is 4.55 Å². The van der Waals surface area contributed by atoms with E-state index < -0.39 is 11.4 Å². The van der Waals surface area contributed by atoms with Crippen LogP contribution in [0, 0.1) is 11.3 Å². The predicted octanol–water partition coefficient (Wildman–Crippen LogP) is 2.60. The van der Waals surface area contributed by atoms with Crippen LogP contribution in [-0.4, -0.2) is 10.3 Å². The van der Waals surface area contributed by atoms with Crippen molar-refractivity contribution in [2.24, 2.45) is 0 Å². The SMILES string of the molecule is CCCC[S+]([O-])N[C@@H]1CCc2cc(C#N)ccc21. The van der Waals surface area contributed by atoms with Gasteiger partial charge in [-0.2, -0.15) is 5.26 Å². The third kappa shape index (κ3) is 3.05. The van der Waals surface area contributed by atoms with Gasteiger partial charge in [0.05, 0.1) is 17.7 Å². The summed E-state index contributed by atoms with van der Waals surface area (Å²) in [5.41, 5.74) is 3.14. The van der Waals surface area contributed by atoms with Crippen molar-refractivity contribution in [2.75, 3.05) is 5.75 Å². The van der Waals surface area contributed by atoms with Gasteiger partial charge in [0.15, 0.2) is 0 Å². The van der Waals surface area contributed by atoms with Gasteiger partial charge in [-0.05, 0) is 42.5 Å². The monoisotopic (exact) mass is 262 g/mol. The maximum Gasteiger partial charge on any atom is 0.125 e. The van der Waals surface area contributed by atoms with Crippen molar-refractivity contribution in [3.05, 3.63) is 34.9 Å². The lowest BCUT2D eigenvalue weighted by Crippen LogP contribution is -2.29. The molecule has 2 rings (SSSR count). The number of nitrogens with one attached hydrogen (secondary N) is 1. The quantitative estimate of drug-likeness (QED) is 0.830. The summed E-state index contributed by atoms with van der Waals surface area (Å²) in [6.07, 6.45) is 4.00. The lowest BCUT2D eigenvalue weighted by molar-refractivity contribution is 0.551. The normalized spacial score (nSPS) is 19.3. The molecule has 0 aliphatic heterocycles. The van der Waals surface area contributed by atoms with Gasteiger partial charge in [-0.15, -0.1) is 4.72 Å². The Labute approximate surface area is 112 Å². The van der Waals surface area contributed by atoms with Crippen LogP contribution >= 0.6 is 0 Å². The molecule has 1 aliphatic rings. The largest absolute Gasteiger partial charge is 0.598 e. The third-order valence-electron chi connectivity index (χ3n) is 3.31. The van der Waals surface area contributed by atoms with Gasteiger partial charge in [0.1, 0.15) is 5.75 Å². The number of unbranched alkanes of at least 4 members (excludes halogenated alkanes) is 1. The van der Waals surface area contributed by atoms with E-state index in [1.165, 1.54) is 11.1 Å². The van der Waals surface area contributed by atoms with E-state index in [2.05, 4.69) is 17.7 Å². The Morgan fingerprint density at radius 3 is 3.11 bits per heavy atom. The number of fused-ring (bicyclic) bond motifs is 1. The van der Waals surface area contributed by atoms with Crippen molar-refractivity contribution in [2.45, 2.75) is 38.6 Å². The highest BCUT2D eigenvalue weighted by molar-refractivity contribution is 7.89. The first-order valence-corrected chi connectivity index (χ1v) is 7.74. The maximum atomic E-state index is 11.8. The summed E-state index contributed by atoms with van der Waals surface area (Å²) in [6.45, 7) is 2.10.